The lowest BCUT2D eigenvalue weighted by molar-refractivity contribution is -0.117. The third kappa shape index (κ3) is 8.01. The number of hydrogen-bond donors (Lipinski definition) is 3. The van der Waals surface area contributed by atoms with Crippen LogP contribution in [0.25, 0.3) is 16.5 Å². The van der Waals surface area contributed by atoms with Crippen molar-refractivity contribution in [3.05, 3.63) is 132 Å². The topological polar surface area (TPSA) is 140 Å². The van der Waals surface area contributed by atoms with Gasteiger partial charge >= 0.3 is 6.03 Å². The molecule has 11 nitrogen and oxygen atoms in total. The molecule has 3 aromatic heterocycles. The predicted octanol–water partition coefficient (Wildman–Crippen LogP) is 7.40. The molecule has 6 rings (SSSR count). The number of ketones is 1. The Kier molecular flexibility index (Phi) is 9.66. The number of aromatic nitrogens is 4. The van der Waals surface area contributed by atoms with Crippen molar-refractivity contribution in [1.29, 1.82) is 0 Å². The fourth-order valence-electron chi connectivity index (χ4n) is 5.25. The average Bonchev–Trinajstić information content (AvgIpc) is 3.53. The molecule has 3 heterocycles. The van der Waals surface area contributed by atoms with E-state index in [1.165, 1.54) is 12.4 Å². The number of carbonyl (C=O) groups is 3. The van der Waals surface area contributed by atoms with Crippen LogP contribution in [0.1, 0.15) is 48.1 Å². The summed E-state index contributed by atoms with van der Waals surface area (Å²) in [6, 6.07) is 27.2. The maximum Gasteiger partial charge on any atom is 0.324 e. The molecular formula is C39H37N7O4. The lowest BCUT2D eigenvalue weighted by atomic mass is 9.92. The number of carbonyl (C=O) groups excluding carboxylic acids is 3. The van der Waals surface area contributed by atoms with Gasteiger partial charge in [0.1, 0.15) is 17.3 Å². The minimum Gasteiger partial charge on any atom is -0.457 e. The van der Waals surface area contributed by atoms with Crippen molar-refractivity contribution in [3.8, 4) is 17.2 Å². The molecule has 3 aromatic carbocycles. The third-order valence-corrected chi connectivity index (χ3v) is 7.91. The number of benzene rings is 3. The van der Waals surface area contributed by atoms with E-state index in [-0.39, 0.29) is 30.1 Å². The van der Waals surface area contributed by atoms with Gasteiger partial charge in [0, 0.05) is 52.5 Å². The molecule has 0 aliphatic heterocycles. The molecule has 252 valence electrons. The summed E-state index contributed by atoms with van der Waals surface area (Å²) in [7, 11) is 0. The van der Waals surface area contributed by atoms with E-state index in [0.29, 0.717) is 34.3 Å². The fraction of sp³-hybridized carbons (Fsp3) is 0.179. The molecule has 0 radical (unpaired) electrons. The first-order valence-electron chi connectivity index (χ1n) is 16.1. The van der Waals surface area contributed by atoms with Gasteiger partial charge in [-0.05, 0) is 49.4 Å². The summed E-state index contributed by atoms with van der Waals surface area (Å²) in [6.45, 7) is 8.12. The van der Waals surface area contributed by atoms with Gasteiger partial charge in [0.15, 0.2) is 5.78 Å². The van der Waals surface area contributed by atoms with Crippen LogP contribution >= 0.6 is 0 Å². The number of nitrogens with zero attached hydrogens (tertiary/aromatic N) is 4. The zero-order valence-electron chi connectivity index (χ0n) is 28.2. The van der Waals surface area contributed by atoms with Gasteiger partial charge in [-0.15, -0.1) is 0 Å². The minimum absolute atomic E-state index is 0.0204. The number of aryl methyl sites for hydroxylation is 1. The van der Waals surface area contributed by atoms with Crippen LogP contribution in [0.3, 0.4) is 0 Å². The lowest BCUT2D eigenvalue weighted by Gasteiger charge is -2.14. The summed E-state index contributed by atoms with van der Waals surface area (Å²) in [5.74, 6) is 1.05. The van der Waals surface area contributed by atoms with Gasteiger partial charge in [-0.25, -0.2) is 9.48 Å². The first kappa shape index (κ1) is 33.5. The zero-order chi connectivity index (χ0) is 35.3. The second-order valence-corrected chi connectivity index (χ2v) is 12.9. The molecule has 0 fully saturated rings. The summed E-state index contributed by atoms with van der Waals surface area (Å²) in [6.07, 6.45) is 4.63. The highest BCUT2D eigenvalue weighted by atomic mass is 16.5. The minimum atomic E-state index is -0.419. The van der Waals surface area contributed by atoms with E-state index in [1.54, 1.807) is 47.3 Å². The van der Waals surface area contributed by atoms with Crippen LogP contribution < -0.4 is 20.7 Å². The Hall–Kier alpha value is -6.36. The summed E-state index contributed by atoms with van der Waals surface area (Å²) >= 11 is 0. The molecule has 0 aliphatic rings. The molecule has 0 saturated heterocycles. The van der Waals surface area contributed by atoms with E-state index < -0.39 is 6.03 Å². The van der Waals surface area contributed by atoms with Crippen molar-refractivity contribution in [2.75, 3.05) is 17.2 Å². The Balaban J connectivity index is 1.15. The van der Waals surface area contributed by atoms with Crippen molar-refractivity contribution in [2.24, 2.45) is 0 Å². The van der Waals surface area contributed by atoms with Crippen molar-refractivity contribution in [2.45, 2.75) is 39.5 Å². The highest BCUT2D eigenvalue weighted by Gasteiger charge is 2.22. The first-order chi connectivity index (χ1) is 24.0. The number of Topliss-reactive ketones (excluding diaryl/α,β-unsaturated/α-hetero) is 1. The smallest absolute Gasteiger partial charge is 0.324 e. The molecule has 0 unspecified atom stereocenters. The molecule has 11 heteroatoms. The van der Waals surface area contributed by atoms with Crippen LogP contribution in [0.2, 0.25) is 0 Å². The van der Waals surface area contributed by atoms with E-state index in [0.717, 1.165) is 27.7 Å². The monoisotopic (exact) mass is 667 g/mol. The maximum absolute atomic E-state index is 13.4. The average molecular weight is 668 g/mol. The summed E-state index contributed by atoms with van der Waals surface area (Å²) in [5, 5.41) is 15.0. The number of hydrogen-bond acceptors (Lipinski definition) is 7. The molecule has 50 heavy (non-hydrogen) atoms. The Bertz CT molecular complexity index is 2170. The second kappa shape index (κ2) is 14.4. The van der Waals surface area contributed by atoms with Crippen LogP contribution in [-0.2, 0) is 16.6 Å². The number of anilines is 2. The predicted molar refractivity (Wildman–Crippen MR) is 193 cm³/mol. The SMILES string of the molecule is Cc1ccc(-n2nc(C(C)(C)C)cc2NC(=O)Nc2ccc(Oc3ccnc(CC(=O)CNC(=O)c4ccncc4)c3)c3ccccc23)cc1. The standard InChI is InChI=1S/C39H37N7O4/c1-25-9-11-28(12-10-25)46-36(23-35(45-46)39(2,3)4)44-38(49)43-33-13-14-34(32-8-6-5-7-31(32)33)50-30-17-20-41-27(22-30)21-29(47)24-42-37(48)26-15-18-40-19-16-26/h5-20,22-23H,21,24H2,1-4H3,(H,42,48)(H2,43,44,49). The van der Waals surface area contributed by atoms with Crippen LogP contribution in [-0.4, -0.2) is 44.0 Å². The van der Waals surface area contributed by atoms with Crippen molar-refractivity contribution in [3.63, 3.8) is 0 Å². The first-order valence-corrected chi connectivity index (χ1v) is 16.1. The number of nitrogens with one attached hydrogen (secondary N) is 3. The number of ether oxygens (including phenoxy) is 1. The molecular weight excluding hydrogens is 630 g/mol. The van der Waals surface area contributed by atoms with Crippen molar-refractivity contribution < 1.29 is 19.1 Å². The Morgan fingerprint density at radius 3 is 2.30 bits per heavy atom. The van der Waals surface area contributed by atoms with Gasteiger partial charge in [-0.1, -0.05) is 62.7 Å². The zero-order valence-corrected chi connectivity index (χ0v) is 28.2. The van der Waals surface area contributed by atoms with E-state index >= 15 is 0 Å². The molecule has 0 saturated carbocycles. The number of urea groups is 1. The van der Waals surface area contributed by atoms with Gasteiger partial charge in [0.25, 0.3) is 5.91 Å². The van der Waals surface area contributed by atoms with Crippen molar-refractivity contribution >= 4 is 40.0 Å². The molecule has 0 bridgehead atoms. The van der Waals surface area contributed by atoms with Crippen LogP contribution in [0.4, 0.5) is 16.3 Å². The second-order valence-electron chi connectivity index (χ2n) is 12.9. The largest absolute Gasteiger partial charge is 0.457 e. The fourth-order valence-corrected chi connectivity index (χ4v) is 5.25. The van der Waals surface area contributed by atoms with E-state index in [9.17, 15) is 14.4 Å². The molecule has 0 spiro atoms. The van der Waals surface area contributed by atoms with E-state index in [1.807, 2.05) is 61.5 Å². The van der Waals surface area contributed by atoms with E-state index in [4.69, 9.17) is 9.84 Å². The molecule has 3 amide bonds. The van der Waals surface area contributed by atoms with Crippen LogP contribution in [0.15, 0.2) is 110 Å². The Labute approximate surface area is 289 Å². The lowest BCUT2D eigenvalue weighted by Crippen LogP contribution is -2.30. The molecule has 0 atom stereocenters. The highest BCUT2D eigenvalue weighted by molar-refractivity contribution is 6.07. The summed E-state index contributed by atoms with van der Waals surface area (Å²) in [4.78, 5) is 46.5. The summed E-state index contributed by atoms with van der Waals surface area (Å²) < 4.78 is 8.01. The molecule has 3 N–H and O–H groups in total. The Morgan fingerprint density at radius 2 is 1.56 bits per heavy atom. The quantitative estimate of drug-likeness (QED) is 0.138. The van der Waals surface area contributed by atoms with Gasteiger partial charge < -0.3 is 15.4 Å². The van der Waals surface area contributed by atoms with Gasteiger partial charge in [0.05, 0.1) is 35.7 Å². The van der Waals surface area contributed by atoms with Gasteiger partial charge in [-0.2, -0.15) is 5.10 Å². The van der Waals surface area contributed by atoms with E-state index in [2.05, 4.69) is 46.7 Å². The summed E-state index contributed by atoms with van der Waals surface area (Å²) in [5.41, 5.74) is 4.11. The number of fused-ring (bicyclic) bond motifs is 1. The number of amides is 3. The number of pyridine rings is 2. The van der Waals surface area contributed by atoms with Crippen LogP contribution in [0, 0.1) is 6.92 Å². The molecule has 0 aliphatic carbocycles. The third-order valence-electron chi connectivity index (χ3n) is 7.91. The Morgan fingerprint density at radius 1 is 0.820 bits per heavy atom. The normalized spacial score (nSPS) is 11.2. The van der Waals surface area contributed by atoms with Crippen molar-refractivity contribution in [1.82, 2.24) is 25.1 Å². The van der Waals surface area contributed by atoms with Gasteiger partial charge in [0.2, 0.25) is 0 Å². The van der Waals surface area contributed by atoms with Gasteiger partial charge in [-0.3, -0.25) is 24.9 Å². The highest BCUT2D eigenvalue weighted by Crippen LogP contribution is 2.35. The maximum atomic E-state index is 13.4. The number of rotatable bonds is 10. The molecule has 6 aromatic rings. The van der Waals surface area contributed by atoms with Crippen LogP contribution in [0.5, 0.6) is 11.5 Å².